The molecule has 1 aromatic heterocycles. The van der Waals surface area contributed by atoms with E-state index in [9.17, 15) is 0 Å². The van der Waals surface area contributed by atoms with Crippen molar-refractivity contribution in [2.45, 2.75) is 32.3 Å². The van der Waals surface area contributed by atoms with Gasteiger partial charge in [0.1, 0.15) is 18.2 Å². The predicted octanol–water partition coefficient (Wildman–Crippen LogP) is 4.86. The first-order valence-corrected chi connectivity index (χ1v) is 10.7. The van der Waals surface area contributed by atoms with E-state index in [-0.39, 0.29) is 6.10 Å². The van der Waals surface area contributed by atoms with E-state index in [2.05, 4.69) is 47.0 Å². The average Bonchev–Trinajstić information content (AvgIpc) is 3.14. The Balaban J connectivity index is 1.44. The van der Waals surface area contributed by atoms with E-state index in [1.807, 2.05) is 18.2 Å². The second-order valence-corrected chi connectivity index (χ2v) is 8.45. The topological polar surface area (TPSA) is 56.7 Å². The van der Waals surface area contributed by atoms with Gasteiger partial charge in [0.15, 0.2) is 11.5 Å². The summed E-state index contributed by atoms with van der Waals surface area (Å²) in [7, 11) is 3.80. The van der Waals surface area contributed by atoms with Gasteiger partial charge in [-0.1, -0.05) is 17.7 Å². The van der Waals surface area contributed by atoms with Crippen LogP contribution in [0.3, 0.4) is 0 Å². The summed E-state index contributed by atoms with van der Waals surface area (Å²) in [6.45, 7) is 4.22. The van der Waals surface area contributed by atoms with E-state index in [4.69, 9.17) is 14.2 Å². The van der Waals surface area contributed by atoms with Crippen LogP contribution in [0.4, 0.5) is 0 Å². The van der Waals surface area contributed by atoms with Crippen LogP contribution in [0.15, 0.2) is 42.2 Å². The molecule has 0 atom stereocenters. The Morgan fingerprint density at radius 3 is 2.68 bits per heavy atom. The zero-order chi connectivity index (χ0) is 21.4. The maximum Gasteiger partial charge on any atom is 0.230 e. The molecule has 1 aliphatic heterocycles. The largest absolute Gasteiger partial charge is 0.493 e. The van der Waals surface area contributed by atoms with Crippen molar-refractivity contribution in [3.8, 4) is 23.1 Å². The van der Waals surface area contributed by atoms with E-state index < -0.39 is 0 Å². The van der Waals surface area contributed by atoms with E-state index in [0.717, 1.165) is 49.0 Å². The highest BCUT2D eigenvalue weighted by Crippen LogP contribution is 2.38. The minimum atomic E-state index is 0.183. The van der Waals surface area contributed by atoms with Crippen LogP contribution in [0.5, 0.6) is 23.1 Å². The number of benzene rings is 2. The predicted molar refractivity (Wildman–Crippen MR) is 121 cm³/mol. The number of aromatic nitrogens is 2. The van der Waals surface area contributed by atoms with Crippen molar-refractivity contribution in [1.29, 1.82) is 0 Å². The van der Waals surface area contributed by atoms with E-state index in [1.54, 1.807) is 7.11 Å². The molecule has 2 heterocycles. The van der Waals surface area contributed by atoms with Gasteiger partial charge in [0.25, 0.3) is 0 Å². The molecule has 3 aromatic rings. The van der Waals surface area contributed by atoms with Crippen LogP contribution in [-0.2, 0) is 6.42 Å². The van der Waals surface area contributed by atoms with Gasteiger partial charge >= 0.3 is 0 Å². The lowest BCUT2D eigenvalue weighted by Gasteiger charge is -2.29. The number of allylic oxidation sites excluding steroid dienone is 1. The van der Waals surface area contributed by atoms with Crippen LogP contribution in [0.2, 0.25) is 0 Å². The summed E-state index contributed by atoms with van der Waals surface area (Å²) < 4.78 is 18.1. The molecule has 0 N–H and O–H groups in total. The monoisotopic (exact) mass is 417 g/mol. The van der Waals surface area contributed by atoms with Crippen LogP contribution in [0.1, 0.15) is 30.9 Å². The van der Waals surface area contributed by atoms with Crippen LogP contribution >= 0.6 is 0 Å². The van der Waals surface area contributed by atoms with Gasteiger partial charge < -0.3 is 19.1 Å². The van der Waals surface area contributed by atoms with Gasteiger partial charge in [-0.05, 0) is 62.6 Å². The lowest BCUT2D eigenvalue weighted by molar-refractivity contribution is 0.111. The number of fused-ring (bicyclic) bond motifs is 2. The maximum atomic E-state index is 6.29. The Bertz CT molecular complexity index is 1150. The van der Waals surface area contributed by atoms with Crippen LogP contribution in [0.25, 0.3) is 17.0 Å². The summed E-state index contributed by atoms with van der Waals surface area (Å²) in [4.78, 5) is 11.2. The Labute approximate surface area is 182 Å². The molecule has 6 heteroatoms. The van der Waals surface area contributed by atoms with Crippen molar-refractivity contribution in [3.63, 3.8) is 0 Å². The summed E-state index contributed by atoms with van der Waals surface area (Å²) in [6.07, 6.45) is 6.92. The highest BCUT2D eigenvalue weighted by Gasteiger charge is 2.21. The third-order valence-corrected chi connectivity index (χ3v) is 6.05. The SMILES string of the molecule is COc1cc2c(Oc3ccc4c(c3)C=C(C)C4)ncnc2cc1OC1CCN(C)CC1. The number of ether oxygens (including phenoxy) is 3. The maximum absolute atomic E-state index is 6.29. The molecule has 0 radical (unpaired) electrons. The second kappa shape index (κ2) is 8.19. The molecule has 5 rings (SSSR count). The molecule has 160 valence electrons. The minimum absolute atomic E-state index is 0.183. The molecular weight excluding hydrogens is 390 g/mol. The average molecular weight is 418 g/mol. The normalized spacial score (nSPS) is 16.8. The van der Waals surface area contributed by atoms with Crippen molar-refractivity contribution < 1.29 is 14.2 Å². The Hall–Kier alpha value is -3.12. The number of hydrogen-bond donors (Lipinski definition) is 0. The van der Waals surface area contributed by atoms with E-state index in [0.29, 0.717) is 17.4 Å². The number of methoxy groups -OCH3 is 1. The molecule has 6 nitrogen and oxygen atoms in total. The molecule has 0 amide bonds. The fourth-order valence-corrected chi connectivity index (χ4v) is 4.32. The lowest BCUT2D eigenvalue weighted by Crippen LogP contribution is -2.35. The van der Waals surface area contributed by atoms with Gasteiger partial charge in [0.05, 0.1) is 18.0 Å². The van der Waals surface area contributed by atoms with Gasteiger partial charge in [-0.2, -0.15) is 0 Å². The van der Waals surface area contributed by atoms with Gasteiger partial charge in [-0.15, -0.1) is 0 Å². The third kappa shape index (κ3) is 4.08. The number of nitrogens with zero attached hydrogens (tertiary/aromatic N) is 3. The van der Waals surface area contributed by atoms with Crippen molar-refractivity contribution in [3.05, 3.63) is 53.4 Å². The molecule has 0 bridgehead atoms. The van der Waals surface area contributed by atoms with E-state index >= 15 is 0 Å². The van der Waals surface area contributed by atoms with E-state index in [1.165, 1.54) is 23.0 Å². The summed E-state index contributed by atoms with van der Waals surface area (Å²) >= 11 is 0. The molecule has 2 aromatic carbocycles. The summed E-state index contributed by atoms with van der Waals surface area (Å²) in [6, 6.07) is 10.0. The molecule has 31 heavy (non-hydrogen) atoms. The van der Waals surface area contributed by atoms with Crippen LogP contribution in [-0.4, -0.2) is 48.2 Å². The smallest absolute Gasteiger partial charge is 0.230 e. The zero-order valence-electron chi connectivity index (χ0n) is 18.2. The summed E-state index contributed by atoms with van der Waals surface area (Å²) in [5, 5.41) is 0.794. The first-order chi connectivity index (χ1) is 15.1. The molecule has 1 aliphatic carbocycles. The number of rotatable bonds is 5. The van der Waals surface area contributed by atoms with Gasteiger partial charge in [0.2, 0.25) is 5.88 Å². The standard InChI is InChI=1S/C25H27N3O3/c1-16-10-17-4-5-20(12-18(17)11-16)31-25-21-13-23(29-3)24(14-22(21)26-15-27-25)30-19-6-8-28(2)9-7-19/h4-5,11-15,19H,6-10H2,1-3H3. The van der Waals surface area contributed by atoms with Crippen molar-refractivity contribution in [2.75, 3.05) is 27.2 Å². The summed E-state index contributed by atoms with van der Waals surface area (Å²) in [5.74, 6) is 2.65. The van der Waals surface area contributed by atoms with Crippen molar-refractivity contribution in [2.24, 2.45) is 0 Å². The minimum Gasteiger partial charge on any atom is -0.493 e. The molecule has 0 spiro atoms. The van der Waals surface area contributed by atoms with Crippen LogP contribution in [0, 0.1) is 0 Å². The third-order valence-electron chi connectivity index (χ3n) is 6.05. The quantitative estimate of drug-likeness (QED) is 0.591. The number of piperidine rings is 1. The molecule has 0 saturated carbocycles. The van der Waals surface area contributed by atoms with Gasteiger partial charge in [0, 0.05) is 19.2 Å². The van der Waals surface area contributed by atoms with Gasteiger partial charge in [-0.3, -0.25) is 0 Å². The van der Waals surface area contributed by atoms with Gasteiger partial charge in [-0.25, -0.2) is 9.97 Å². The number of hydrogen-bond acceptors (Lipinski definition) is 6. The molecule has 2 aliphatic rings. The Morgan fingerprint density at radius 1 is 1.03 bits per heavy atom. The zero-order valence-corrected chi connectivity index (χ0v) is 18.2. The Morgan fingerprint density at radius 2 is 1.87 bits per heavy atom. The second-order valence-electron chi connectivity index (χ2n) is 8.45. The molecular formula is C25H27N3O3. The molecule has 1 saturated heterocycles. The first kappa shape index (κ1) is 19.8. The fourth-order valence-electron chi connectivity index (χ4n) is 4.32. The summed E-state index contributed by atoms with van der Waals surface area (Å²) in [5.41, 5.74) is 4.67. The van der Waals surface area contributed by atoms with Crippen molar-refractivity contribution >= 4 is 17.0 Å². The van der Waals surface area contributed by atoms with Crippen LogP contribution < -0.4 is 14.2 Å². The molecule has 1 fully saturated rings. The Kier molecular flexibility index (Phi) is 5.24. The first-order valence-electron chi connectivity index (χ1n) is 10.7. The van der Waals surface area contributed by atoms with Crippen molar-refractivity contribution in [1.82, 2.24) is 14.9 Å². The molecule has 0 unspecified atom stereocenters. The fraction of sp³-hybridized carbons (Fsp3) is 0.360. The number of likely N-dealkylation sites (tertiary alicyclic amines) is 1. The lowest BCUT2D eigenvalue weighted by atomic mass is 10.1. The highest BCUT2D eigenvalue weighted by atomic mass is 16.5. The highest BCUT2D eigenvalue weighted by molar-refractivity contribution is 5.87.